The molecule has 2 aromatic carbocycles. The molecule has 0 bridgehead atoms. The van der Waals surface area contributed by atoms with Crippen molar-refractivity contribution in [2.45, 2.75) is 63.5 Å². The molecule has 1 saturated carbocycles. The van der Waals surface area contributed by atoms with Crippen LogP contribution in [0.5, 0.6) is 5.75 Å². The van der Waals surface area contributed by atoms with Crippen LogP contribution in [0.4, 0.5) is 13.2 Å². The van der Waals surface area contributed by atoms with E-state index in [1.165, 1.54) is 12.1 Å². The lowest BCUT2D eigenvalue weighted by molar-refractivity contribution is -0.144. The standard InChI is InChI=1S/C30H38F3N3O3/c1-39-26-9-4-21(5-10-26)6-11-27(37)36(20-23-12-15-30(32,33)18-23)28(24-13-16-34-17-14-24)29(38)35-19-22-2-7-25(31)8-3-22/h2-5,7-10,23-24,28,34H,6,11-20H2,1H3,(H,35,38). The Morgan fingerprint density at radius 2 is 1.72 bits per heavy atom. The van der Waals surface area contributed by atoms with Gasteiger partial charge in [0.05, 0.1) is 7.11 Å². The Morgan fingerprint density at radius 3 is 2.33 bits per heavy atom. The zero-order chi connectivity index (χ0) is 27.8. The van der Waals surface area contributed by atoms with Gasteiger partial charge in [-0.2, -0.15) is 0 Å². The van der Waals surface area contributed by atoms with Crippen LogP contribution in [0, 0.1) is 17.7 Å². The summed E-state index contributed by atoms with van der Waals surface area (Å²) in [6.45, 7) is 1.77. The number of hydrogen-bond donors (Lipinski definition) is 2. The number of ether oxygens (including phenoxy) is 1. The summed E-state index contributed by atoms with van der Waals surface area (Å²) in [6, 6.07) is 12.6. The van der Waals surface area contributed by atoms with Crippen molar-refractivity contribution >= 4 is 11.8 Å². The summed E-state index contributed by atoms with van der Waals surface area (Å²) in [6.07, 6.45) is 1.91. The minimum absolute atomic E-state index is 0.0914. The molecule has 1 saturated heterocycles. The molecule has 1 aliphatic carbocycles. The summed E-state index contributed by atoms with van der Waals surface area (Å²) in [5.74, 6) is -3.34. The van der Waals surface area contributed by atoms with Crippen molar-refractivity contribution in [1.82, 2.24) is 15.5 Å². The Morgan fingerprint density at radius 1 is 1.05 bits per heavy atom. The molecule has 1 aliphatic heterocycles. The molecule has 39 heavy (non-hydrogen) atoms. The SMILES string of the molecule is COc1ccc(CCC(=O)N(CC2CCC(F)(F)C2)C(C(=O)NCc2ccc(F)cc2)C2CCNCC2)cc1. The van der Waals surface area contributed by atoms with Crippen LogP contribution in [0.3, 0.4) is 0 Å². The largest absolute Gasteiger partial charge is 0.497 e. The first kappa shape index (κ1) is 28.9. The average molecular weight is 546 g/mol. The molecule has 2 aliphatic rings. The predicted octanol–water partition coefficient (Wildman–Crippen LogP) is 4.72. The lowest BCUT2D eigenvalue weighted by atomic mass is 9.87. The summed E-state index contributed by atoms with van der Waals surface area (Å²) in [5.41, 5.74) is 1.69. The van der Waals surface area contributed by atoms with Crippen LogP contribution in [-0.4, -0.2) is 55.4 Å². The van der Waals surface area contributed by atoms with Gasteiger partial charge in [-0.25, -0.2) is 13.2 Å². The van der Waals surface area contributed by atoms with Crippen molar-refractivity contribution in [1.29, 1.82) is 0 Å². The fourth-order valence-electron chi connectivity index (χ4n) is 5.70. The van der Waals surface area contributed by atoms with Crippen molar-refractivity contribution in [3.05, 3.63) is 65.5 Å². The predicted molar refractivity (Wildman–Crippen MR) is 143 cm³/mol. The highest BCUT2D eigenvalue weighted by Gasteiger charge is 2.43. The fraction of sp³-hybridized carbons (Fsp3) is 0.533. The van der Waals surface area contributed by atoms with Crippen LogP contribution in [-0.2, 0) is 22.6 Å². The highest BCUT2D eigenvalue weighted by molar-refractivity contribution is 5.88. The molecule has 2 unspecified atom stereocenters. The van der Waals surface area contributed by atoms with Gasteiger partial charge in [0.25, 0.3) is 0 Å². The number of benzene rings is 2. The number of hydrogen-bond acceptors (Lipinski definition) is 4. The minimum atomic E-state index is -2.74. The number of nitrogens with one attached hydrogen (secondary N) is 2. The van der Waals surface area contributed by atoms with Gasteiger partial charge >= 0.3 is 0 Å². The first-order valence-corrected chi connectivity index (χ1v) is 13.8. The van der Waals surface area contributed by atoms with Crippen molar-refractivity contribution in [2.24, 2.45) is 11.8 Å². The molecule has 1 heterocycles. The maximum atomic E-state index is 14.1. The van der Waals surface area contributed by atoms with E-state index in [1.54, 1.807) is 24.1 Å². The van der Waals surface area contributed by atoms with Crippen molar-refractivity contribution in [3.63, 3.8) is 0 Å². The van der Waals surface area contributed by atoms with E-state index in [0.717, 1.165) is 30.0 Å². The topological polar surface area (TPSA) is 70.7 Å². The molecular formula is C30H38F3N3O3. The highest BCUT2D eigenvalue weighted by Crippen LogP contribution is 2.40. The quantitative estimate of drug-likeness (QED) is 0.429. The third-order valence-electron chi connectivity index (χ3n) is 7.88. The number of methoxy groups -OCH3 is 1. The van der Waals surface area contributed by atoms with E-state index in [-0.39, 0.29) is 61.8 Å². The number of carbonyl (C=O) groups excluding carboxylic acids is 2. The molecule has 9 heteroatoms. The van der Waals surface area contributed by atoms with Gasteiger partial charge in [0.2, 0.25) is 17.7 Å². The van der Waals surface area contributed by atoms with Crippen molar-refractivity contribution in [3.8, 4) is 5.75 Å². The van der Waals surface area contributed by atoms with Gasteiger partial charge in [-0.05, 0) is 86.0 Å². The summed E-state index contributed by atoms with van der Waals surface area (Å²) in [7, 11) is 1.59. The van der Waals surface area contributed by atoms with Gasteiger partial charge in [-0.15, -0.1) is 0 Å². The first-order chi connectivity index (χ1) is 18.7. The van der Waals surface area contributed by atoms with E-state index >= 15 is 0 Å². The van der Waals surface area contributed by atoms with Crippen molar-refractivity contribution in [2.75, 3.05) is 26.7 Å². The summed E-state index contributed by atoms with van der Waals surface area (Å²) < 4.78 is 46.7. The van der Waals surface area contributed by atoms with Gasteiger partial charge in [-0.3, -0.25) is 9.59 Å². The maximum Gasteiger partial charge on any atom is 0.248 e. The van der Waals surface area contributed by atoms with Gasteiger partial charge < -0.3 is 20.3 Å². The van der Waals surface area contributed by atoms with Gasteiger partial charge in [0.15, 0.2) is 0 Å². The van der Waals surface area contributed by atoms with E-state index in [0.29, 0.717) is 25.7 Å². The average Bonchev–Trinajstić information content (AvgIpc) is 3.29. The van der Waals surface area contributed by atoms with Crippen LogP contribution in [0.15, 0.2) is 48.5 Å². The number of rotatable bonds is 11. The number of alkyl halides is 2. The Bertz CT molecular complexity index is 1090. The molecule has 2 atom stereocenters. The van der Waals surface area contributed by atoms with Gasteiger partial charge in [-0.1, -0.05) is 24.3 Å². The number of piperidine rings is 1. The molecular weight excluding hydrogens is 507 g/mol. The zero-order valence-electron chi connectivity index (χ0n) is 22.4. The smallest absolute Gasteiger partial charge is 0.248 e. The van der Waals surface area contributed by atoms with Crippen LogP contribution in [0.25, 0.3) is 0 Å². The molecule has 4 rings (SSSR count). The Kier molecular flexibility index (Phi) is 9.88. The number of amides is 2. The maximum absolute atomic E-state index is 14.1. The Hall–Kier alpha value is -3.07. The molecule has 2 aromatic rings. The molecule has 0 spiro atoms. The van der Waals surface area contributed by atoms with Gasteiger partial charge in [0, 0.05) is 32.4 Å². The van der Waals surface area contributed by atoms with E-state index in [4.69, 9.17) is 4.74 Å². The molecule has 2 amide bonds. The second kappa shape index (κ2) is 13.3. The summed E-state index contributed by atoms with van der Waals surface area (Å²) >= 11 is 0. The third kappa shape index (κ3) is 8.21. The molecule has 6 nitrogen and oxygen atoms in total. The van der Waals surface area contributed by atoms with E-state index in [2.05, 4.69) is 10.6 Å². The molecule has 2 N–H and O–H groups in total. The normalized spacial score (nSPS) is 19.8. The van der Waals surface area contributed by atoms with E-state index in [1.807, 2.05) is 24.3 Å². The lowest BCUT2D eigenvalue weighted by Gasteiger charge is -2.39. The second-order valence-corrected chi connectivity index (χ2v) is 10.7. The van der Waals surface area contributed by atoms with Gasteiger partial charge in [0.1, 0.15) is 17.6 Å². The van der Waals surface area contributed by atoms with Crippen molar-refractivity contribution < 1.29 is 27.5 Å². The number of nitrogens with zero attached hydrogens (tertiary/aromatic N) is 1. The summed E-state index contributed by atoms with van der Waals surface area (Å²) in [4.78, 5) is 29.1. The van der Waals surface area contributed by atoms with Crippen LogP contribution >= 0.6 is 0 Å². The van der Waals surface area contributed by atoms with Crippen LogP contribution in [0.2, 0.25) is 0 Å². The number of halogens is 3. The highest BCUT2D eigenvalue weighted by atomic mass is 19.3. The van der Waals surface area contributed by atoms with Crippen LogP contribution < -0.4 is 15.4 Å². The summed E-state index contributed by atoms with van der Waals surface area (Å²) in [5, 5.41) is 6.24. The number of aryl methyl sites for hydroxylation is 1. The Labute approximate surface area is 228 Å². The monoisotopic (exact) mass is 545 g/mol. The lowest BCUT2D eigenvalue weighted by Crippen LogP contribution is -2.56. The van der Waals surface area contributed by atoms with E-state index < -0.39 is 12.0 Å². The second-order valence-electron chi connectivity index (χ2n) is 10.7. The zero-order valence-corrected chi connectivity index (χ0v) is 22.4. The first-order valence-electron chi connectivity index (χ1n) is 13.8. The molecule has 2 fully saturated rings. The number of carbonyl (C=O) groups is 2. The molecule has 212 valence electrons. The molecule has 0 aromatic heterocycles. The fourth-order valence-corrected chi connectivity index (χ4v) is 5.70. The van der Waals surface area contributed by atoms with E-state index in [9.17, 15) is 22.8 Å². The van der Waals surface area contributed by atoms with Crippen LogP contribution in [0.1, 0.15) is 49.7 Å². The minimum Gasteiger partial charge on any atom is -0.497 e. The molecule has 0 radical (unpaired) electrons. The Balaban J connectivity index is 1.54. The third-order valence-corrected chi connectivity index (χ3v) is 7.88.